The summed E-state index contributed by atoms with van der Waals surface area (Å²) in [6.45, 7) is 4.97. The van der Waals surface area contributed by atoms with Crippen molar-refractivity contribution >= 4 is 15.7 Å². The van der Waals surface area contributed by atoms with Crippen LogP contribution in [-0.2, 0) is 10.0 Å². The van der Waals surface area contributed by atoms with Crippen LogP contribution in [0.15, 0.2) is 23.1 Å². The molecule has 2 N–H and O–H groups in total. The molecule has 0 amide bonds. The number of rotatable bonds is 4. The first-order valence-corrected chi connectivity index (χ1v) is 8.22. The van der Waals surface area contributed by atoms with Gasteiger partial charge in [-0.05, 0) is 51.4 Å². The fourth-order valence-corrected chi connectivity index (χ4v) is 4.20. The number of non-ortho nitro benzene ring substituents is 1. The summed E-state index contributed by atoms with van der Waals surface area (Å²) in [4.78, 5) is 10.3. The minimum absolute atomic E-state index is 0.0906. The standard InChI is InChI=1S/C13H19N3O4S/c1-10-9-11(16(17)18)3-4-12(10)21(19,20)15-13(2)5-7-14-8-6-13/h3-4,9,14-15H,5-8H2,1-2H3. The van der Waals surface area contributed by atoms with Crippen LogP contribution in [0.3, 0.4) is 0 Å². The lowest BCUT2D eigenvalue weighted by molar-refractivity contribution is -0.385. The maximum Gasteiger partial charge on any atom is 0.269 e. The van der Waals surface area contributed by atoms with Crippen LogP contribution in [0.2, 0.25) is 0 Å². The minimum atomic E-state index is -3.69. The van der Waals surface area contributed by atoms with E-state index in [1.807, 2.05) is 6.92 Å². The number of hydrogen-bond acceptors (Lipinski definition) is 5. The minimum Gasteiger partial charge on any atom is -0.317 e. The molecule has 8 heteroatoms. The van der Waals surface area contributed by atoms with Gasteiger partial charge in [-0.1, -0.05) is 0 Å². The monoisotopic (exact) mass is 313 g/mol. The van der Waals surface area contributed by atoms with Crippen molar-refractivity contribution in [2.24, 2.45) is 0 Å². The van der Waals surface area contributed by atoms with Crippen LogP contribution in [0.1, 0.15) is 25.3 Å². The Hall–Kier alpha value is -1.51. The number of nitrogens with one attached hydrogen (secondary N) is 2. The SMILES string of the molecule is Cc1cc([N+](=O)[O-])ccc1S(=O)(=O)NC1(C)CCNCC1. The molecule has 1 aromatic rings. The molecule has 0 unspecified atom stereocenters. The normalized spacial score (nSPS) is 18.4. The lowest BCUT2D eigenvalue weighted by Gasteiger charge is -2.34. The van der Waals surface area contributed by atoms with Crippen LogP contribution in [0.5, 0.6) is 0 Å². The van der Waals surface area contributed by atoms with Gasteiger partial charge in [0.15, 0.2) is 0 Å². The summed E-state index contributed by atoms with van der Waals surface area (Å²) in [6, 6.07) is 3.78. The molecule has 7 nitrogen and oxygen atoms in total. The summed E-state index contributed by atoms with van der Waals surface area (Å²) in [5, 5.41) is 13.9. The van der Waals surface area contributed by atoms with Crippen molar-refractivity contribution in [3.05, 3.63) is 33.9 Å². The number of sulfonamides is 1. The maximum absolute atomic E-state index is 12.5. The predicted molar refractivity (Wildman–Crippen MR) is 78.7 cm³/mol. The topological polar surface area (TPSA) is 101 Å². The molecule has 0 aliphatic carbocycles. The fourth-order valence-electron chi connectivity index (χ4n) is 2.51. The van der Waals surface area contributed by atoms with Gasteiger partial charge >= 0.3 is 0 Å². The van der Waals surface area contributed by atoms with Gasteiger partial charge < -0.3 is 5.32 Å². The number of nitro groups is 1. The lowest BCUT2D eigenvalue weighted by atomic mass is 9.92. The lowest BCUT2D eigenvalue weighted by Crippen LogP contribution is -2.52. The number of aryl methyl sites for hydroxylation is 1. The van der Waals surface area contributed by atoms with Gasteiger partial charge in [0.05, 0.1) is 9.82 Å². The van der Waals surface area contributed by atoms with Gasteiger partial charge in [-0.25, -0.2) is 13.1 Å². The Bertz CT molecular complexity index is 651. The molecule has 0 spiro atoms. The highest BCUT2D eigenvalue weighted by Gasteiger charge is 2.32. The van der Waals surface area contributed by atoms with Gasteiger partial charge in [0.2, 0.25) is 10.0 Å². The van der Waals surface area contributed by atoms with Crippen LogP contribution in [-0.4, -0.2) is 32.0 Å². The summed E-state index contributed by atoms with van der Waals surface area (Å²) in [7, 11) is -3.69. The van der Waals surface area contributed by atoms with Crippen molar-refractivity contribution in [3.8, 4) is 0 Å². The van der Waals surface area contributed by atoms with Gasteiger partial charge in [-0.3, -0.25) is 10.1 Å². The molecule has 0 radical (unpaired) electrons. The van der Waals surface area contributed by atoms with E-state index in [4.69, 9.17) is 0 Å². The second-order valence-electron chi connectivity index (χ2n) is 5.62. The molecule has 1 fully saturated rings. The first-order chi connectivity index (χ1) is 9.73. The average Bonchev–Trinajstić information content (AvgIpc) is 2.37. The van der Waals surface area contributed by atoms with Crippen LogP contribution in [0.25, 0.3) is 0 Å². The molecular formula is C13H19N3O4S. The number of nitro benzene ring substituents is 1. The smallest absolute Gasteiger partial charge is 0.269 e. The number of nitrogens with zero attached hydrogens (tertiary/aromatic N) is 1. The average molecular weight is 313 g/mol. The van der Waals surface area contributed by atoms with Crippen LogP contribution in [0.4, 0.5) is 5.69 Å². The highest BCUT2D eigenvalue weighted by Crippen LogP contribution is 2.25. The van der Waals surface area contributed by atoms with Crippen molar-refractivity contribution in [1.29, 1.82) is 0 Å². The molecule has 21 heavy (non-hydrogen) atoms. The van der Waals surface area contributed by atoms with Gasteiger partial charge in [-0.15, -0.1) is 0 Å². The molecule has 0 saturated carbocycles. The van der Waals surface area contributed by atoms with E-state index in [0.29, 0.717) is 18.4 Å². The zero-order chi connectivity index (χ0) is 15.7. The third-order valence-electron chi connectivity index (χ3n) is 3.75. The van der Waals surface area contributed by atoms with Gasteiger partial charge in [0.1, 0.15) is 0 Å². The zero-order valence-corrected chi connectivity index (χ0v) is 12.9. The van der Waals surface area contributed by atoms with E-state index in [2.05, 4.69) is 10.0 Å². The third kappa shape index (κ3) is 3.58. The molecule has 1 aliphatic heterocycles. The first kappa shape index (κ1) is 15.9. The molecule has 1 saturated heterocycles. The second kappa shape index (κ2) is 5.70. The van der Waals surface area contributed by atoms with E-state index in [1.165, 1.54) is 18.2 Å². The quantitative estimate of drug-likeness (QED) is 0.645. The molecule has 0 atom stereocenters. The van der Waals surface area contributed by atoms with Crippen molar-refractivity contribution in [2.75, 3.05) is 13.1 Å². The van der Waals surface area contributed by atoms with Gasteiger partial charge in [0.25, 0.3) is 5.69 Å². The number of piperidine rings is 1. The second-order valence-corrected chi connectivity index (χ2v) is 7.27. The first-order valence-electron chi connectivity index (χ1n) is 6.73. The van der Waals surface area contributed by atoms with Crippen molar-refractivity contribution < 1.29 is 13.3 Å². The summed E-state index contributed by atoms with van der Waals surface area (Å²) < 4.78 is 27.8. The van der Waals surface area contributed by atoms with Crippen LogP contribution >= 0.6 is 0 Å². The summed E-state index contributed by atoms with van der Waals surface area (Å²) in [5.41, 5.74) is -0.230. The molecule has 0 bridgehead atoms. The van der Waals surface area contributed by atoms with E-state index in [-0.39, 0.29) is 10.6 Å². The van der Waals surface area contributed by atoms with Gasteiger partial charge in [0, 0.05) is 17.7 Å². The molecule has 1 aromatic carbocycles. The van der Waals surface area contributed by atoms with Gasteiger partial charge in [-0.2, -0.15) is 0 Å². The zero-order valence-electron chi connectivity index (χ0n) is 12.0. The summed E-state index contributed by atoms with van der Waals surface area (Å²) >= 11 is 0. The Labute approximate surface area is 123 Å². The Morgan fingerprint density at radius 1 is 1.33 bits per heavy atom. The highest BCUT2D eigenvalue weighted by atomic mass is 32.2. The third-order valence-corrected chi connectivity index (χ3v) is 5.55. The fraction of sp³-hybridized carbons (Fsp3) is 0.538. The van der Waals surface area contributed by atoms with E-state index < -0.39 is 20.5 Å². The molecule has 116 valence electrons. The Balaban J connectivity index is 2.29. The summed E-state index contributed by atoms with van der Waals surface area (Å²) in [5.74, 6) is 0. The predicted octanol–water partition coefficient (Wildman–Crippen LogP) is 1.32. The Morgan fingerprint density at radius 3 is 2.48 bits per heavy atom. The van der Waals surface area contributed by atoms with Crippen LogP contribution in [0, 0.1) is 17.0 Å². The number of benzene rings is 1. The van der Waals surface area contributed by atoms with E-state index in [9.17, 15) is 18.5 Å². The molecule has 0 aromatic heterocycles. The molecule has 1 heterocycles. The largest absolute Gasteiger partial charge is 0.317 e. The molecule has 2 rings (SSSR count). The number of hydrogen-bond donors (Lipinski definition) is 2. The Morgan fingerprint density at radius 2 is 1.95 bits per heavy atom. The maximum atomic E-state index is 12.5. The van der Waals surface area contributed by atoms with Crippen molar-refractivity contribution in [3.63, 3.8) is 0 Å². The molecular weight excluding hydrogens is 294 g/mol. The van der Waals surface area contributed by atoms with E-state index in [1.54, 1.807) is 6.92 Å². The Kier molecular flexibility index (Phi) is 4.31. The van der Waals surface area contributed by atoms with Crippen molar-refractivity contribution in [1.82, 2.24) is 10.0 Å². The van der Waals surface area contributed by atoms with Crippen LogP contribution < -0.4 is 10.0 Å². The van der Waals surface area contributed by atoms with E-state index >= 15 is 0 Å². The summed E-state index contributed by atoms with van der Waals surface area (Å²) in [6.07, 6.45) is 1.41. The van der Waals surface area contributed by atoms with E-state index in [0.717, 1.165) is 13.1 Å². The molecule has 1 aliphatic rings. The van der Waals surface area contributed by atoms with Crippen molar-refractivity contribution in [2.45, 2.75) is 37.1 Å². The highest BCUT2D eigenvalue weighted by molar-refractivity contribution is 7.89.